The first-order chi connectivity index (χ1) is 17.2. The fourth-order valence-corrected chi connectivity index (χ4v) is 3.72. The van der Waals surface area contributed by atoms with Crippen molar-refractivity contribution >= 4 is 28.4 Å². The lowest BCUT2D eigenvalue weighted by Crippen LogP contribution is -2.41. The van der Waals surface area contributed by atoms with Crippen LogP contribution in [0, 0.1) is 10.1 Å². The topological polar surface area (TPSA) is 123 Å². The van der Waals surface area contributed by atoms with Gasteiger partial charge >= 0.3 is 28.5 Å². The zero-order valence-corrected chi connectivity index (χ0v) is 19.9. The maximum Gasteiger partial charge on any atom is 0.511 e. The Hall–Kier alpha value is -3.51. The molecule has 0 saturated carbocycles. The molecular weight excluding hydrogens is 570 g/mol. The third kappa shape index (κ3) is 8.52. The second-order valence-electron chi connectivity index (χ2n) is 7.52. The number of benzene rings is 1. The number of hydrogen-bond donors (Lipinski definition) is 0. The number of aryl methyl sites for hydroxylation is 1. The monoisotopic (exact) mass is 589 g/mol. The second kappa shape index (κ2) is 10.3. The number of fused-ring (bicyclic) bond motifs is 1. The van der Waals surface area contributed by atoms with Crippen LogP contribution in [0.5, 0.6) is 5.75 Å². The highest BCUT2D eigenvalue weighted by Crippen LogP contribution is 3.02. The molecule has 0 saturated heterocycles. The zero-order valence-electron chi connectivity index (χ0n) is 19.1. The lowest BCUT2D eigenvalue weighted by molar-refractivity contribution is -0.757. The molecule has 1 unspecified atom stereocenters. The summed E-state index contributed by atoms with van der Waals surface area (Å²) in [6.07, 6.45) is -9.69. The minimum atomic E-state index is -10.3. The Morgan fingerprint density at radius 3 is 2.24 bits per heavy atom. The van der Waals surface area contributed by atoms with Crippen LogP contribution >= 0.6 is 10.2 Å². The number of hydrogen-bond acceptors (Lipinski definition) is 9. The molecule has 1 aromatic carbocycles. The fourth-order valence-electron chi connectivity index (χ4n) is 3.01. The van der Waals surface area contributed by atoms with E-state index >= 15 is 0 Å². The first kappa shape index (κ1) is 30.7. The van der Waals surface area contributed by atoms with E-state index < -0.39 is 80.3 Å². The number of ether oxygens (including phenoxy) is 4. The van der Waals surface area contributed by atoms with Gasteiger partial charge in [0.25, 0.3) is 5.09 Å². The van der Waals surface area contributed by atoms with Gasteiger partial charge in [0, 0.05) is 5.56 Å². The first-order valence-electron chi connectivity index (χ1n) is 10.3. The summed E-state index contributed by atoms with van der Waals surface area (Å²) in [5, 5.41) is 8.93. The first-order valence-corrected chi connectivity index (χ1v) is 12.3. The summed E-state index contributed by atoms with van der Waals surface area (Å²) in [6.45, 7) is -0.690. The van der Waals surface area contributed by atoms with E-state index in [9.17, 15) is 52.3 Å². The molecule has 38 heavy (non-hydrogen) atoms. The van der Waals surface area contributed by atoms with Gasteiger partial charge in [-0.3, -0.25) is 0 Å². The number of carbonyl (C=O) groups excluding carboxylic acids is 2. The van der Waals surface area contributed by atoms with Crippen LogP contribution < -0.4 is 4.74 Å². The molecular formula is C19H19F8NO9S. The van der Waals surface area contributed by atoms with Crippen LogP contribution in [0.15, 0.2) is 22.6 Å². The van der Waals surface area contributed by atoms with Crippen molar-refractivity contribution in [2.45, 2.75) is 43.4 Å². The van der Waals surface area contributed by atoms with Gasteiger partial charge in [0.1, 0.15) is 10.6 Å². The summed E-state index contributed by atoms with van der Waals surface area (Å²) in [4.78, 5) is 35.3. The van der Waals surface area contributed by atoms with Gasteiger partial charge in [0.2, 0.25) is 12.9 Å². The summed E-state index contributed by atoms with van der Waals surface area (Å²) in [7, 11) is -10.3. The predicted octanol–water partition coefficient (Wildman–Crippen LogP) is 6.26. The van der Waals surface area contributed by atoms with Crippen LogP contribution in [-0.2, 0) is 30.3 Å². The van der Waals surface area contributed by atoms with Gasteiger partial charge < -0.3 is 23.8 Å². The molecule has 0 N–H and O–H groups in total. The Balaban J connectivity index is 2.16. The van der Waals surface area contributed by atoms with E-state index in [4.69, 9.17) is 4.74 Å². The van der Waals surface area contributed by atoms with Crippen LogP contribution in [0.4, 0.5) is 37.4 Å². The number of unbranched alkanes of at least 4 members (excludes halogenated alkanes) is 1. The van der Waals surface area contributed by atoms with E-state index in [-0.39, 0.29) is 44.3 Å². The molecule has 10 nitrogen and oxygen atoms in total. The molecule has 1 aromatic rings. The largest absolute Gasteiger partial charge is 0.511 e. The number of esters is 1. The summed E-state index contributed by atoms with van der Waals surface area (Å²) in [5.74, 6) is -2.61. The quantitative estimate of drug-likeness (QED) is 0.0735. The van der Waals surface area contributed by atoms with E-state index in [0.717, 1.165) is 0 Å². The smallest absolute Gasteiger partial charge is 0.475 e. The van der Waals surface area contributed by atoms with Crippen LogP contribution in [-0.4, -0.2) is 49.5 Å². The van der Waals surface area contributed by atoms with Gasteiger partial charge in [0.05, 0.1) is 18.8 Å². The number of rotatable bonds is 11. The molecule has 1 heterocycles. The SMILES string of the molecule is CCc1cc(S(F)(F)(F)(F)F)cc2c1OC(C(F)(F)F)C(C(=O)OCOC(=O)OCCCCO[N+](=O)[O-])=C2. The van der Waals surface area contributed by atoms with E-state index in [1.807, 2.05) is 0 Å². The van der Waals surface area contributed by atoms with E-state index in [0.29, 0.717) is 0 Å². The molecule has 0 radical (unpaired) electrons. The minimum absolute atomic E-state index is 0.0141. The van der Waals surface area contributed by atoms with Crippen LogP contribution in [0.25, 0.3) is 6.08 Å². The van der Waals surface area contributed by atoms with Crippen molar-refractivity contribution in [2.24, 2.45) is 0 Å². The number of halogens is 8. The van der Waals surface area contributed by atoms with Crippen molar-refractivity contribution in [2.75, 3.05) is 20.0 Å². The highest BCUT2D eigenvalue weighted by molar-refractivity contribution is 8.45. The molecule has 19 heteroatoms. The fraction of sp³-hybridized carbons (Fsp3) is 0.474. The predicted molar refractivity (Wildman–Crippen MR) is 111 cm³/mol. The Morgan fingerprint density at radius 2 is 1.68 bits per heavy atom. The molecule has 1 aliphatic rings. The Labute approximate surface area is 208 Å². The number of nitrogens with zero attached hydrogens (tertiary/aromatic N) is 1. The molecule has 2 rings (SSSR count). The maximum absolute atomic E-state index is 13.6. The highest BCUT2D eigenvalue weighted by atomic mass is 32.5. The number of alkyl halides is 3. The van der Waals surface area contributed by atoms with Crippen molar-refractivity contribution in [1.82, 2.24) is 0 Å². The molecule has 0 bridgehead atoms. The molecule has 0 aliphatic carbocycles. The summed E-state index contributed by atoms with van der Waals surface area (Å²) in [5.41, 5.74) is -2.88. The molecule has 1 atom stereocenters. The molecule has 0 spiro atoms. The summed E-state index contributed by atoms with van der Waals surface area (Å²) in [6, 6.07) is -0.153. The van der Waals surface area contributed by atoms with Crippen molar-refractivity contribution in [3.05, 3.63) is 38.9 Å². The van der Waals surface area contributed by atoms with Gasteiger partial charge in [-0.1, -0.05) is 26.4 Å². The molecule has 1 aliphatic heterocycles. The van der Waals surface area contributed by atoms with Gasteiger partial charge in [-0.2, -0.15) is 13.2 Å². The van der Waals surface area contributed by atoms with Gasteiger partial charge in [-0.15, -0.1) is 10.1 Å². The van der Waals surface area contributed by atoms with Crippen molar-refractivity contribution in [1.29, 1.82) is 0 Å². The third-order valence-electron chi connectivity index (χ3n) is 4.68. The van der Waals surface area contributed by atoms with Crippen LogP contribution in [0.3, 0.4) is 0 Å². The standard InChI is InChI=1S/C19H19F8NO9S/c1-2-11-7-13(38(23,24,25,26)27)8-12-9-14(16(19(20,21)22)37-15(11)12)17(29)34-10-35-18(30)33-5-3-4-6-36-28(31)32/h7-9,16H,2-6,10H2,1H3. The Kier molecular flexibility index (Phi) is 8.35. The van der Waals surface area contributed by atoms with Gasteiger partial charge in [-0.05, 0) is 43.0 Å². The van der Waals surface area contributed by atoms with Gasteiger partial charge in [-0.25, -0.2) is 9.59 Å². The van der Waals surface area contributed by atoms with Crippen molar-refractivity contribution < 1.29 is 71.1 Å². The molecule has 216 valence electrons. The highest BCUT2D eigenvalue weighted by Gasteiger charge is 2.66. The summed E-state index contributed by atoms with van der Waals surface area (Å²) < 4.78 is 125. The molecule has 0 amide bonds. The average Bonchev–Trinajstić information content (AvgIpc) is 2.77. The van der Waals surface area contributed by atoms with Crippen molar-refractivity contribution in [3.8, 4) is 5.75 Å². The lowest BCUT2D eigenvalue weighted by atomic mass is 9.98. The minimum Gasteiger partial charge on any atom is -0.475 e. The van der Waals surface area contributed by atoms with E-state index in [1.54, 1.807) is 0 Å². The van der Waals surface area contributed by atoms with Crippen LogP contribution in [0.1, 0.15) is 30.9 Å². The molecule has 0 fully saturated rings. The molecule has 0 aromatic heterocycles. The third-order valence-corrected chi connectivity index (χ3v) is 5.81. The normalized spacial score (nSPS) is 17.1. The van der Waals surface area contributed by atoms with E-state index in [1.165, 1.54) is 6.92 Å². The summed E-state index contributed by atoms with van der Waals surface area (Å²) >= 11 is 0. The van der Waals surface area contributed by atoms with E-state index in [2.05, 4.69) is 19.0 Å². The second-order valence-corrected chi connectivity index (χ2v) is 9.93. The maximum atomic E-state index is 13.6. The van der Waals surface area contributed by atoms with Crippen LogP contribution in [0.2, 0.25) is 0 Å². The Morgan fingerprint density at radius 1 is 1.05 bits per heavy atom. The van der Waals surface area contributed by atoms with Gasteiger partial charge in [0.15, 0.2) is 0 Å². The lowest BCUT2D eigenvalue weighted by Gasteiger charge is -2.41. The zero-order chi connectivity index (χ0) is 29.0. The van der Waals surface area contributed by atoms with Crippen molar-refractivity contribution in [3.63, 3.8) is 0 Å². The Bertz CT molecular complexity index is 1120. The average molecular weight is 589 g/mol. The number of carbonyl (C=O) groups is 2.